The molecule has 4 rings (SSSR count). The number of sulfonamides is 1. The van der Waals surface area contributed by atoms with Crippen molar-refractivity contribution in [2.75, 3.05) is 26.2 Å². The second-order valence-electron chi connectivity index (χ2n) is 8.39. The van der Waals surface area contributed by atoms with Gasteiger partial charge in [0.05, 0.1) is 0 Å². The Morgan fingerprint density at radius 2 is 2.00 bits per heavy atom. The van der Waals surface area contributed by atoms with E-state index in [2.05, 4.69) is 21.7 Å². The molecular formula is C21H29N5O4S2. The van der Waals surface area contributed by atoms with Crippen molar-refractivity contribution in [2.45, 2.75) is 44.2 Å². The zero-order valence-electron chi connectivity index (χ0n) is 18.4. The van der Waals surface area contributed by atoms with Crippen LogP contribution >= 0.6 is 11.3 Å². The van der Waals surface area contributed by atoms with Gasteiger partial charge in [-0.1, -0.05) is 0 Å². The van der Waals surface area contributed by atoms with Crippen molar-refractivity contribution in [2.24, 2.45) is 13.0 Å². The predicted octanol–water partition coefficient (Wildman–Crippen LogP) is 1.28. The number of imidazole rings is 1. The molecule has 0 spiro atoms. The molecule has 2 aromatic rings. The minimum absolute atomic E-state index is 0.0474. The number of thiophene rings is 1. The van der Waals surface area contributed by atoms with Crippen molar-refractivity contribution in [1.82, 2.24) is 24.1 Å². The topological polar surface area (TPSA) is 105 Å². The number of hydrogen-bond acceptors (Lipinski definition) is 6. The summed E-state index contributed by atoms with van der Waals surface area (Å²) < 4.78 is 28.7. The van der Waals surface area contributed by atoms with Gasteiger partial charge >= 0.3 is 0 Å². The molecule has 1 saturated heterocycles. The summed E-state index contributed by atoms with van der Waals surface area (Å²) in [6, 6.07) is 2.07. The molecule has 4 heterocycles. The fourth-order valence-electron chi connectivity index (χ4n) is 4.20. The first-order chi connectivity index (χ1) is 15.3. The van der Waals surface area contributed by atoms with Crippen LogP contribution in [0.1, 0.15) is 35.5 Å². The number of carbonyl (C=O) groups is 2. The van der Waals surface area contributed by atoms with Crippen LogP contribution in [-0.2, 0) is 39.6 Å². The van der Waals surface area contributed by atoms with Crippen molar-refractivity contribution in [3.8, 4) is 0 Å². The van der Waals surface area contributed by atoms with Gasteiger partial charge in [0.1, 0.15) is 5.82 Å². The number of piperidine rings is 1. The third-order valence-corrected chi connectivity index (χ3v) is 9.11. The van der Waals surface area contributed by atoms with Crippen LogP contribution in [-0.4, -0.2) is 65.2 Å². The highest BCUT2D eigenvalue weighted by molar-refractivity contribution is 7.89. The fourth-order valence-corrected chi connectivity index (χ4v) is 6.58. The van der Waals surface area contributed by atoms with Crippen molar-refractivity contribution < 1.29 is 18.0 Å². The van der Waals surface area contributed by atoms with Crippen molar-refractivity contribution >= 4 is 33.2 Å². The normalized spacial score (nSPS) is 17.9. The largest absolute Gasteiger partial charge is 0.355 e. The molecule has 0 radical (unpaired) electrons. The van der Waals surface area contributed by atoms with Gasteiger partial charge in [-0.15, -0.1) is 11.3 Å². The molecule has 0 aliphatic carbocycles. The molecule has 2 aliphatic heterocycles. The maximum atomic E-state index is 12.8. The standard InChI is InChI=1S/C21H29N5O4S2/c1-15-23-19(14-24(15)2)32(29,30)26-10-4-16(5-11-26)21(28)22-8-3-20(27)25-9-6-18-17(13-25)7-12-31-18/h7,12,14,16H,3-6,8-11,13H2,1-2H3,(H,22,28). The van der Waals surface area contributed by atoms with Crippen LogP contribution in [0.5, 0.6) is 0 Å². The van der Waals surface area contributed by atoms with Crippen LogP contribution in [0, 0.1) is 12.8 Å². The van der Waals surface area contributed by atoms with E-state index in [4.69, 9.17) is 0 Å². The summed E-state index contributed by atoms with van der Waals surface area (Å²) in [5.74, 6) is 0.328. The molecule has 2 aliphatic rings. The van der Waals surface area contributed by atoms with Gasteiger partial charge in [0.25, 0.3) is 10.0 Å². The summed E-state index contributed by atoms with van der Waals surface area (Å²) in [7, 11) is -1.89. The van der Waals surface area contributed by atoms with Crippen LogP contribution in [0.25, 0.3) is 0 Å². The van der Waals surface area contributed by atoms with Crippen LogP contribution in [0.2, 0.25) is 0 Å². The lowest BCUT2D eigenvalue weighted by molar-refractivity contribution is -0.132. The summed E-state index contributed by atoms with van der Waals surface area (Å²) in [6.07, 6.45) is 3.60. The number of carbonyl (C=O) groups excluding carboxylic acids is 2. The lowest BCUT2D eigenvalue weighted by Crippen LogP contribution is -2.44. The Morgan fingerprint density at radius 3 is 2.69 bits per heavy atom. The van der Waals surface area contributed by atoms with E-state index in [1.54, 1.807) is 29.9 Å². The molecule has 2 aromatic heterocycles. The molecule has 11 heteroatoms. The van der Waals surface area contributed by atoms with Gasteiger partial charge in [-0.2, -0.15) is 4.31 Å². The third kappa shape index (κ3) is 4.74. The van der Waals surface area contributed by atoms with Gasteiger partial charge < -0.3 is 14.8 Å². The molecule has 0 atom stereocenters. The third-order valence-electron chi connectivity index (χ3n) is 6.31. The first-order valence-corrected chi connectivity index (χ1v) is 13.2. The fraction of sp³-hybridized carbons (Fsp3) is 0.571. The van der Waals surface area contributed by atoms with Crippen LogP contribution in [0.3, 0.4) is 0 Å². The van der Waals surface area contributed by atoms with Crippen LogP contribution in [0.15, 0.2) is 22.7 Å². The van der Waals surface area contributed by atoms with Gasteiger partial charge in [-0.05, 0) is 43.2 Å². The molecule has 0 bridgehead atoms. The Labute approximate surface area is 192 Å². The Hall–Kier alpha value is -2.24. The van der Waals surface area contributed by atoms with E-state index >= 15 is 0 Å². The Balaban J connectivity index is 1.21. The van der Waals surface area contributed by atoms with Gasteiger partial charge in [0.2, 0.25) is 11.8 Å². The first-order valence-electron chi connectivity index (χ1n) is 10.9. The highest BCUT2D eigenvalue weighted by Gasteiger charge is 2.33. The maximum Gasteiger partial charge on any atom is 0.262 e. The van der Waals surface area contributed by atoms with E-state index in [1.807, 2.05) is 4.90 Å². The van der Waals surface area contributed by atoms with Crippen LogP contribution < -0.4 is 5.32 Å². The van der Waals surface area contributed by atoms with Crippen LogP contribution in [0.4, 0.5) is 0 Å². The number of aromatic nitrogens is 2. The number of fused-ring (bicyclic) bond motifs is 1. The molecule has 0 aromatic carbocycles. The molecule has 32 heavy (non-hydrogen) atoms. The van der Waals surface area contributed by atoms with Crippen molar-refractivity contribution in [3.63, 3.8) is 0 Å². The average molecular weight is 480 g/mol. The summed E-state index contributed by atoms with van der Waals surface area (Å²) in [5.41, 5.74) is 1.22. The SMILES string of the molecule is Cc1nc(S(=O)(=O)N2CCC(C(=O)NCCC(=O)N3CCc4sccc4C3)CC2)cn1C. The Kier molecular flexibility index (Phi) is 6.68. The zero-order chi connectivity index (χ0) is 22.9. The Bertz CT molecular complexity index is 1080. The van der Waals surface area contributed by atoms with E-state index in [0.29, 0.717) is 31.8 Å². The van der Waals surface area contributed by atoms with E-state index in [9.17, 15) is 18.0 Å². The molecule has 1 fully saturated rings. The number of rotatable bonds is 6. The second-order valence-corrected chi connectivity index (χ2v) is 11.3. The summed E-state index contributed by atoms with van der Waals surface area (Å²) in [5, 5.41) is 4.97. The van der Waals surface area contributed by atoms with E-state index in [0.717, 1.165) is 13.0 Å². The lowest BCUT2D eigenvalue weighted by atomic mass is 9.97. The maximum absolute atomic E-state index is 12.8. The molecule has 2 amide bonds. The lowest BCUT2D eigenvalue weighted by Gasteiger charge is -2.30. The minimum atomic E-state index is -3.65. The molecule has 0 saturated carbocycles. The number of hydrogen-bond donors (Lipinski definition) is 1. The molecule has 174 valence electrons. The molecule has 0 unspecified atom stereocenters. The first kappa shape index (κ1) is 22.9. The molecule has 9 nitrogen and oxygen atoms in total. The van der Waals surface area contributed by atoms with Gasteiger partial charge in [-0.3, -0.25) is 9.59 Å². The van der Waals surface area contributed by atoms with E-state index < -0.39 is 10.0 Å². The number of aryl methyl sites for hydroxylation is 2. The van der Waals surface area contributed by atoms with E-state index in [1.165, 1.54) is 20.9 Å². The number of amides is 2. The van der Waals surface area contributed by atoms with Crippen molar-refractivity contribution in [1.29, 1.82) is 0 Å². The predicted molar refractivity (Wildman–Crippen MR) is 120 cm³/mol. The molecular weight excluding hydrogens is 450 g/mol. The zero-order valence-corrected chi connectivity index (χ0v) is 20.0. The van der Waals surface area contributed by atoms with Gasteiger partial charge in [0, 0.05) is 63.2 Å². The summed E-state index contributed by atoms with van der Waals surface area (Å²) in [6.45, 7) is 4.00. The Morgan fingerprint density at radius 1 is 1.25 bits per heavy atom. The average Bonchev–Trinajstić information content (AvgIpc) is 3.39. The quantitative estimate of drug-likeness (QED) is 0.672. The summed E-state index contributed by atoms with van der Waals surface area (Å²) in [4.78, 5) is 32.4. The monoisotopic (exact) mass is 479 g/mol. The number of nitrogens with zero attached hydrogens (tertiary/aromatic N) is 4. The second kappa shape index (κ2) is 9.32. The van der Waals surface area contributed by atoms with Crippen molar-refractivity contribution in [3.05, 3.63) is 33.9 Å². The van der Waals surface area contributed by atoms with Gasteiger partial charge in [0.15, 0.2) is 5.03 Å². The summed E-state index contributed by atoms with van der Waals surface area (Å²) >= 11 is 1.74. The smallest absolute Gasteiger partial charge is 0.262 e. The number of nitrogens with one attached hydrogen (secondary N) is 1. The van der Waals surface area contributed by atoms with Gasteiger partial charge in [-0.25, -0.2) is 13.4 Å². The highest BCUT2D eigenvalue weighted by atomic mass is 32.2. The highest BCUT2D eigenvalue weighted by Crippen LogP contribution is 2.25. The van der Waals surface area contributed by atoms with E-state index in [-0.39, 0.29) is 42.3 Å². The molecule has 1 N–H and O–H groups in total. The minimum Gasteiger partial charge on any atom is -0.355 e.